The van der Waals surface area contributed by atoms with Gasteiger partial charge >= 0.3 is 0 Å². The van der Waals surface area contributed by atoms with E-state index in [1.807, 2.05) is 0 Å². The van der Waals surface area contributed by atoms with Gasteiger partial charge in [-0.1, -0.05) is 36.4 Å². The Kier molecular flexibility index (Phi) is 4.81. The second-order valence-corrected chi connectivity index (χ2v) is 7.60. The van der Waals surface area contributed by atoms with Gasteiger partial charge in [0, 0.05) is 18.3 Å². The van der Waals surface area contributed by atoms with Crippen molar-refractivity contribution >= 4 is 11.8 Å². The number of fused-ring (bicyclic) bond motifs is 2. The minimum atomic E-state index is -0.335. The van der Waals surface area contributed by atoms with Crippen LogP contribution < -0.4 is 14.4 Å². The van der Waals surface area contributed by atoms with Crippen molar-refractivity contribution in [2.45, 2.75) is 24.8 Å². The molecular formula is C22H25N2O4+. The third-order valence-electron chi connectivity index (χ3n) is 6.15. The standard InChI is InChI=1S/C22H24N2O4/c1-27-20-13-17(19(24(25)26)14-21(20)28-2)15-23-11-9-22(10-12-23)8-7-16-5-3-4-6-18(16)22/h3-8,13-14H,9-12,15H2,1-2H3/p+1. The number of methoxy groups -OCH3 is 2. The Morgan fingerprint density at radius 1 is 1.11 bits per heavy atom. The van der Waals surface area contributed by atoms with E-state index >= 15 is 0 Å². The molecule has 0 bridgehead atoms. The van der Waals surface area contributed by atoms with E-state index in [9.17, 15) is 10.1 Å². The minimum Gasteiger partial charge on any atom is -0.493 e. The van der Waals surface area contributed by atoms with Gasteiger partial charge in [-0.3, -0.25) is 10.1 Å². The summed E-state index contributed by atoms with van der Waals surface area (Å²) < 4.78 is 10.6. The Morgan fingerprint density at radius 3 is 2.46 bits per heavy atom. The first-order valence-corrected chi connectivity index (χ1v) is 9.58. The van der Waals surface area contributed by atoms with Crippen LogP contribution in [0, 0.1) is 10.1 Å². The molecule has 0 unspecified atom stereocenters. The van der Waals surface area contributed by atoms with E-state index in [1.165, 1.54) is 29.2 Å². The molecule has 0 amide bonds. The maximum absolute atomic E-state index is 11.6. The van der Waals surface area contributed by atoms with E-state index in [0.29, 0.717) is 23.6 Å². The molecule has 0 radical (unpaired) electrons. The number of ether oxygens (including phenoxy) is 2. The topological polar surface area (TPSA) is 66.0 Å². The summed E-state index contributed by atoms with van der Waals surface area (Å²) in [5.41, 5.74) is 3.66. The summed E-state index contributed by atoms with van der Waals surface area (Å²) in [4.78, 5) is 12.6. The Morgan fingerprint density at radius 2 is 1.79 bits per heavy atom. The summed E-state index contributed by atoms with van der Waals surface area (Å²) in [6.07, 6.45) is 6.70. The second kappa shape index (κ2) is 7.28. The van der Waals surface area contributed by atoms with Crippen molar-refractivity contribution in [3.8, 4) is 11.5 Å². The third kappa shape index (κ3) is 3.14. The maximum Gasteiger partial charge on any atom is 0.282 e. The summed E-state index contributed by atoms with van der Waals surface area (Å²) in [6, 6.07) is 11.8. The summed E-state index contributed by atoms with van der Waals surface area (Å²) in [7, 11) is 3.04. The van der Waals surface area contributed by atoms with Gasteiger partial charge in [0.1, 0.15) is 6.54 Å². The molecular weight excluding hydrogens is 356 g/mol. The van der Waals surface area contributed by atoms with Crippen LogP contribution >= 0.6 is 0 Å². The van der Waals surface area contributed by atoms with Crippen molar-refractivity contribution in [2.75, 3.05) is 27.3 Å². The summed E-state index contributed by atoms with van der Waals surface area (Å²) in [5.74, 6) is 0.918. The summed E-state index contributed by atoms with van der Waals surface area (Å²) >= 11 is 0. The first kappa shape index (κ1) is 18.5. The van der Waals surface area contributed by atoms with Crippen LogP contribution in [0.25, 0.3) is 6.08 Å². The van der Waals surface area contributed by atoms with Crippen LogP contribution in [-0.2, 0) is 12.0 Å². The minimum absolute atomic E-state index is 0.0940. The smallest absolute Gasteiger partial charge is 0.282 e. The van der Waals surface area contributed by atoms with Gasteiger partial charge in [-0.15, -0.1) is 0 Å². The molecule has 1 aliphatic heterocycles. The highest BCUT2D eigenvalue weighted by molar-refractivity contribution is 5.65. The number of benzene rings is 2. The van der Waals surface area contributed by atoms with Gasteiger partial charge in [-0.05, 0) is 17.2 Å². The molecule has 28 heavy (non-hydrogen) atoms. The van der Waals surface area contributed by atoms with E-state index in [0.717, 1.165) is 25.9 Å². The number of quaternary nitrogens is 1. The maximum atomic E-state index is 11.6. The summed E-state index contributed by atoms with van der Waals surface area (Å²) in [6.45, 7) is 2.56. The van der Waals surface area contributed by atoms with Crippen molar-refractivity contribution in [3.63, 3.8) is 0 Å². The number of allylic oxidation sites excluding steroid dienone is 1. The number of piperidine rings is 1. The van der Waals surface area contributed by atoms with E-state index in [4.69, 9.17) is 9.47 Å². The fraction of sp³-hybridized carbons (Fsp3) is 0.364. The molecule has 0 aromatic heterocycles. The van der Waals surface area contributed by atoms with Crippen LogP contribution in [0.2, 0.25) is 0 Å². The Labute approximate surface area is 164 Å². The quantitative estimate of drug-likeness (QED) is 0.639. The first-order chi connectivity index (χ1) is 13.6. The second-order valence-electron chi connectivity index (χ2n) is 7.60. The molecule has 2 aliphatic rings. The van der Waals surface area contributed by atoms with Crippen LogP contribution in [0.4, 0.5) is 5.69 Å². The fourth-order valence-corrected chi connectivity index (χ4v) is 4.59. The third-order valence-corrected chi connectivity index (χ3v) is 6.15. The van der Waals surface area contributed by atoms with Gasteiger partial charge < -0.3 is 14.4 Å². The number of nitrogens with zero attached hydrogens (tertiary/aromatic N) is 1. The lowest BCUT2D eigenvalue weighted by Gasteiger charge is -2.37. The normalized spacial score (nSPS) is 22.9. The van der Waals surface area contributed by atoms with E-state index in [2.05, 4.69) is 36.4 Å². The summed E-state index contributed by atoms with van der Waals surface area (Å²) in [5, 5.41) is 11.6. The van der Waals surface area contributed by atoms with Crippen molar-refractivity contribution in [1.82, 2.24) is 0 Å². The number of nitro benzene ring substituents is 1. The SMILES string of the molecule is COc1cc(C[NH+]2CCC3(C=Cc4ccccc43)CC2)c([N+](=O)[O-])cc1OC. The molecule has 1 spiro atoms. The Hall–Kier alpha value is -2.86. The molecule has 6 heteroatoms. The Bertz CT molecular complexity index is 930. The number of hydrogen-bond donors (Lipinski definition) is 1. The van der Waals surface area contributed by atoms with Crippen molar-refractivity contribution in [1.29, 1.82) is 0 Å². The Balaban J connectivity index is 1.53. The largest absolute Gasteiger partial charge is 0.493 e. The van der Waals surface area contributed by atoms with Gasteiger partial charge in [0.25, 0.3) is 5.69 Å². The van der Waals surface area contributed by atoms with E-state index < -0.39 is 0 Å². The van der Waals surface area contributed by atoms with Crippen LogP contribution in [0.3, 0.4) is 0 Å². The van der Waals surface area contributed by atoms with E-state index in [1.54, 1.807) is 13.2 Å². The molecule has 0 atom stereocenters. The highest BCUT2D eigenvalue weighted by atomic mass is 16.6. The monoisotopic (exact) mass is 381 g/mol. The molecule has 146 valence electrons. The molecule has 6 nitrogen and oxygen atoms in total. The van der Waals surface area contributed by atoms with Gasteiger partial charge in [0.05, 0.1) is 43.9 Å². The number of nitrogens with one attached hydrogen (secondary N) is 1. The zero-order valence-corrected chi connectivity index (χ0v) is 16.2. The molecule has 4 rings (SSSR count). The van der Waals surface area contributed by atoms with Gasteiger partial charge in [0.15, 0.2) is 11.5 Å². The average molecular weight is 381 g/mol. The zero-order chi connectivity index (χ0) is 19.7. The lowest BCUT2D eigenvalue weighted by molar-refractivity contribution is -0.920. The molecule has 1 heterocycles. The molecule has 1 saturated heterocycles. The number of likely N-dealkylation sites (tertiary alicyclic amines) is 1. The lowest BCUT2D eigenvalue weighted by atomic mass is 9.74. The molecule has 0 saturated carbocycles. The van der Waals surface area contributed by atoms with Crippen molar-refractivity contribution < 1.29 is 19.3 Å². The van der Waals surface area contributed by atoms with Crippen molar-refractivity contribution in [3.05, 3.63) is 69.3 Å². The van der Waals surface area contributed by atoms with Gasteiger partial charge in [0.2, 0.25) is 0 Å². The highest BCUT2D eigenvalue weighted by Crippen LogP contribution is 2.41. The number of rotatable bonds is 5. The van der Waals surface area contributed by atoms with Crippen LogP contribution in [0.1, 0.15) is 29.5 Å². The van der Waals surface area contributed by atoms with Crippen LogP contribution in [0.15, 0.2) is 42.5 Å². The lowest BCUT2D eigenvalue weighted by Crippen LogP contribution is -3.12. The van der Waals surface area contributed by atoms with Crippen LogP contribution in [-0.4, -0.2) is 32.2 Å². The zero-order valence-electron chi connectivity index (χ0n) is 16.2. The number of nitro groups is 1. The number of hydrogen-bond acceptors (Lipinski definition) is 4. The fourth-order valence-electron chi connectivity index (χ4n) is 4.59. The highest BCUT2D eigenvalue weighted by Gasteiger charge is 2.40. The predicted octanol–water partition coefficient (Wildman–Crippen LogP) is 2.76. The van der Waals surface area contributed by atoms with Crippen LogP contribution in [0.5, 0.6) is 11.5 Å². The molecule has 1 fully saturated rings. The van der Waals surface area contributed by atoms with Gasteiger partial charge in [-0.2, -0.15) is 0 Å². The van der Waals surface area contributed by atoms with E-state index in [-0.39, 0.29) is 16.0 Å². The predicted molar refractivity (Wildman–Crippen MR) is 107 cm³/mol. The average Bonchev–Trinajstić information content (AvgIpc) is 3.07. The first-order valence-electron chi connectivity index (χ1n) is 9.58. The molecule has 2 aromatic carbocycles. The molecule has 1 aliphatic carbocycles. The molecule has 2 aromatic rings. The van der Waals surface area contributed by atoms with Crippen molar-refractivity contribution in [2.24, 2.45) is 0 Å². The molecule has 1 N–H and O–H groups in total. The van der Waals surface area contributed by atoms with Gasteiger partial charge in [-0.25, -0.2) is 0 Å².